The first-order valence-corrected chi connectivity index (χ1v) is 5.66. The zero-order chi connectivity index (χ0) is 12.5. The van der Waals surface area contributed by atoms with Gasteiger partial charge in [-0.05, 0) is 30.7 Å². The second-order valence-electron chi connectivity index (χ2n) is 4.13. The van der Waals surface area contributed by atoms with Crippen molar-refractivity contribution in [2.24, 2.45) is 0 Å². The Labute approximate surface area is 104 Å². The number of nitrogens with one attached hydrogen (secondary N) is 1. The van der Waals surface area contributed by atoms with Crippen molar-refractivity contribution in [3.8, 4) is 16.8 Å². The van der Waals surface area contributed by atoms with Crippen molar-refractivity contribution < 1.29 is 0 Å². The summed E-state index contributed by atoms with van der Waals surface area (Å²) in [6.45, 7) is 2.02. The minimum absolute atomic E-state index is 0.581. The number of aromatic amines is 1. The molecule has 0 saturated carbocycles. The predicted octanol–water partition coefficient (Wildman–Crippen LogP) is 2.15. The molecular weight excluding hydrogens is 226 g/mol. The van der Waals surface area contributed by atoms with Gasteiger partial charge in [0.25, 0.3) is 0 Å². The van der Waals surface area contributed by atoms with Crippen LogP contribution in [0.5, 0.6) is 0 Å². The van der Waals surface area contributed by atoms with E-state index in [4.69, 9.17) is 5.73 Å². The van der Waals surface area contributed by atoms with Gasteiger partial charge in [-0.25, -0.2) is 4.68 Å². The van der Waals surface area contributed by atoms with Crippen molar-refractivity contribution in [3.05, 3.63) is 48.4 Å². The fraction of sp³-hybridized carbons (Fsp3) is 0.0769. The summed E-state index contributed by atoms with van der Waals surface area (Å²) in [6, 6.07) is 10.0. The lowest BCUT2D eigenvalue weighted by atomic mass is 10.1. The Bertz CT molecular complexity index is 604. The third-order valence-corrected chi connectivity index (χ3v) is 2.92. The predicted molar refractivity (Wildman–Crippen MR) is 70.3 cm³/mol. The SMILES string of the molecule is Cc1ccnn1-c1ccc(-c2cn[nH]c2N)cc1. The van der Waals surface area contributed by atoms with Crippen LogP contribution in [0.3, 0.4) is 0 Å². The van der Waals surface area contributed by atoms with Crippen molar-refractivity contribution in [2.45, 2.75) is 6.92 Å². The van der Waals surface area contributed by atoms with Gasteiger partial charge >= 0.3 is 0 Å². The number of benzene rings is 1. The molecule has 0 fully saturated rings. The smallest absolute Gasteiger partial charge is 0.126 e. The zero-order valence-electron chi connectivity index (χ0n) is 9.96. The maximum Gasteiger partial charge on any atom is 0.126 e. The highest BCUT2D eigenvalue weighted by molar-refractivity contribution is 5.73. The van der Waals surface area contributed by atoms with Crippen LogP contribution in [-0.4, -0.2) is 20.0 Å². The van der Waals surface area contributed by atoms with Crippen LogP contribution in [0, 0.1) is 6.92 Å². The second-order valence-corrected chi connectivity index (χ2v) is 4.13. The molecule has 0 unspecified atom stereocenters. The van der Waals surface area contributed by atoms with Gasteiger partial charge in [0, 0.05) is 17.5 Å². The van der Waals surface area contributed by atoms with E-state index in [2.05, 4.69) is 15.3 Å². The molecule has 18 heavy (non-hydrogen) atoms. The Morgan fingerprint density at radius 1 is 1.17 bits per heavy atom. The van der Waals surface area contributed by atoms with Gasteiger partial charge in [-0.3, -0.25) is 5.10 Å². The number of aromatic nitrogens is 4. The second kappa shape index (κ2) is 4.03. The van der Waals surface area contributed by atoms with Gasteiger partial charge in [-0.15, -0.1) is 0 Å². The Balaban J connectivity index is 2.00. The summed E-state index contributed by atoms with van der Waals surface area (Å²) in [5.74, 6) is 0.581. The molecule has 0 aliphatic heterocycles. The van der Waals surface area contributed by atoms with Crippen molar-refractivity contribution in [1.82, 2.24) is 20.0 Å². The number of aryl methyl sites for hydroxylation is 1. The van der Waals surface area contributed by atoms with Gasteiger partial charge in [0.1, 0.15) is 5.82 Å². The summed E-state index contributed by atoms with van der Waals surface area (Å²) < 4.78 is 1.89. The first kappa shape index (κ1) is 10.6. The van der Waals surface area contributed by atoms with E-state index in [9.17, 15) is 0 Å². The van der Waals surface area contributed by atoms with E-state index in [1.54, 1.807) is 12.4 Å². The number of hydrogen-bond donors (Lipinski definition) is 2. The van der Waals surface area contributed by atoms with Crippen LogP contribution < -0.4 is 5.73 Å². The molecule has 5 nitrogen and oxygen atoms in total. The lowest BCUT2D eigenvalue weighted by Gasteiger charge is -2.05. The molecule has 2 aromatic heterocycles. The number of H-pyrrole nitrogens is 1. The molecule has 0 amide bonds. The molecule has 0 radical (unpaired) electrons. The van der Waals surface area contributed by atoms with Crippen LogP contribution in [0.15, 0.2) is 42.7 Å². The highest BCUT2D eigenvalue weighted by Gasteiger charge is 2.05. The molecule has 3 rings (SSSR count). The van der Waals surface area contributed by atoms with E-state index in [1.165, 1.54) is 0 Å². The normalized spacial score (nSPS) is 10.7. The van der Waals surface area contributed by atoms with Crippen LogP contribution in [-0.2, 0) is 0 Å². The van der Waals surface area contributed by atoms with Crippen LogP contribution in [0.1, 0.15) is 5.69 Å². The van der Waals surface area contributed by atoms with E-state index in [1.807, 2.05) is 41.9 Å². The molecular formula is C13H13N5. The molecule has 1 aromatic carbocycles. The summed E-state index contributed by atoms with van der Waals surface area (Å²) in [5.41, 5.74) is 9.88. The highest BCUT2D eigenvalue weighted by Crippen LogP contribution is 2.24. The van der Waals surface area contributed by atoms with E-state index in [-0.39, 0.29) is 0 Å². The lowest BCUT2D eigenvalue weighted by Crippen LogP contribution is -1.98. The molecule has 0 saturated heterocycles. The van der Waals surface area contributed by atoms with Gasteiger partial charge < -0.3 is 5.73 Å². The zero-order valence-corrected chi connectivity index (χ0v) is 9.96. The van der Waals surface area contributed by atoms with Crippen LogP contribution in [0.4, 0.5) is 5.82 Å². The molecule has 0 atom stereocenters. The third-order valence-electron chi connectivity index (χ3n) is 2.92. The Kier molecular flexibility index (Phi) is 2.37. The molecule has 3 N–H and O–H groups in total. The molecule has 0 bridgehead atoms. The quantitative estimate of drug-likeness (QED) is 0.719. The van der Waals surface area contributed by atoms with Gasteiger partial charge in [-0.2, -0.15) is 10.2 Å². The Morgan fingerprint density at radius 2 is 1.94 bits per heavy atom. The monoisotopic (exact) mass is 239 g/mol. The van der Waals surface area contributed by atoms with E-state index in [0.29, 0.717) is 5.82 Å². The van der Waals surface area contributed by atoms with Crippen molar-refractivity contribution >= 4 is 5.82 Å². The maximum absolute atomic E-state index is 5.79. The summed E-state index contributed by atoms with van der Waals surface area (Å²) in [6.07, 6.45) is 3.51. The minimum atomic E-state index is 0.581. The van der Waals surface area contributed by atoms with Gasteiger partial charge in [0.15, 0.2) is 0 Å². The van der Waals surface area contributed by atoms with Gasteiger partial charge in [0.05, 0.1) is 11.9 Å². The Morgan fingerprint density at radius 3 is 2.50 bits per heavy atom. The van der Waals surface area contributed by atoms with E-state index in [0.717, 1.165) is 22.5 Å². The minimum Gasteiger partial charge on any atom is -0.384 e. The highest BCUT2D eigenvalue weighted by atomic mass is 15.3. The standard InChI is InChI=1S/C13H13N5/c1-9-6-7-16-18(9)11-4-2-10(3-5-11)12-8-15-17-13(12)14/h2-8H,1H3,(H3,14,15,17). The average molecular weight is 239 g/mol. The molecule has 90 valence electrons. The third kappa shape index (κ3) is 1.66. The van der Waals surface area contributed by atoms with Crippen LogP contribution in [0.25, 0.3) is 16.8 Å². The number of hydrogen-bond acceptors (Lipinski definition) is 3. The molecule has 0 aliphatic rings. The van der Waals surface area contributed by atoms with Crippen molar-refractivity contribution in [3.63, 3.8) is 0 Å². The number of nitrogens with zero attached hydrogens (tertiary/aromatic N) is 3. The lowest BCUT2D eigenvalue weighted by molar-refractivity contribution is 0.847. The van der Waals surface area contributed by atoms with Crippen LogP contribution in [0.2, 0.25) is 0 Å². The molecule has 0 spiro atoms. The average Bonchev–Trinajstić information content (AvgIpc) is 2.98. The van der Waals surface area contributed by atoms with E-state index >= 15 is 0 Å². The number of nitrogens with two attached hydrogens (primary N) is 1. The number of anilines is 1. The first-order chi connectivity index (χ1) is 8.75. The van der Waals surface area contributed by atoms with Gasteiger partial charge in [-0.1, -0.05) is 12.1 Å². The maximum atomic E-state index is 5.79. The van der Waals surface area contributed by atoms with Gasteiger partial charge in [0.2, 0.25) is 0 Å². The fourth-order valence-electron chi connectivity index (χ4n) is 1.95. The Hall–Kier alpha value is -2.56. The number of rotatable bonds is 2. The van der Waals surface area contributed by atoms with E-state index < -0.39 is 0 Å². The largest absolute Gasteiger partial charge is 0.384 e. The summed E-state index contributed by atoms with van der Waals surface area (Å²) >= 11 is 0. The topological polar surface area (TPSA) is 72.5 Å². The molecule has 0 aliphatic carbocycles. The van der Waals surface area contributed by atoms with Crippen molar-refractivity contribution in [1.29, 1.82) is 0 Å². The first-order valence-electron chi connectivity index (χ1n) is 5.66. The molecule has 5 heteroatoms. The molecule has 2 heterocycles. The summed E-state index contributed by atoms with van der Waals surface area (Å²) in [4.78, 5) is 0. The van der Waals surface area contributed by atoms with Crippen molar-refractivity contribution in [2.75, 3.05) is 5.73 Å². The summed E-state index contributed by atoms with van der Waals surface area (Å²) in [7, 11) is 0. The number of nitrogen functional groups attached to an aromatic ring is 1. The fourth-order valence-corrected chi connectivity index (χ4v) is 1.95. The molecule has 3 aromatic rings. The van der Waals surface area contributed by atoms with Crippen LogP contribution >= 0.6 is 0 Å². The summed E-state index contributed by atoms with van der Waals surface area (Å²) in [5, 5.41) is 10.9.